The third-order valence-corrected chi connectivity index (χ3v) is 4.37. The second-order valence-corrected chi connectivity index (χ2v) is 6.69. The summed E-state index contributed by atoms with van der Waals surface area (Å²) in [7, 11) is 4.12. The molecule has 0 aliphatic heterocycles. The van der Waals surface area contributed by atoms with Crippen LogP contribution in [0, 0.1) is 11.8 Å². The zero-order chi connectivity index (χ0) is 15.1. The van der Waals surface area contributed by atoms with Crippen molar-refractivity contribution in [1.29, 1.82) is 0 Å². The molecule has 1 aromatic rings. The highest BCUT2D eigenvalue weighted by atomic mass is 16.5. The van der Waals surface area contributed by atoms with Crippen molar-refractivity contribution in [3.8, 4) is 5.75 Å². The number of hydrogen-bond acceptors (Lipinski definition) is 3. The molecule has 1 aromatic carbocycles. The number of ether oxygens (including phenoxy) is 1. The molecule has 1 saturated carbocycles. The standard InChI is InChI=1S/C18H30N2O/c1-15-7-9-16(10-8-15)14-19-17-5-4-6-18(13-17)21-12-11-20(2)3/h4-6,13,15-16,19H,7-12,14H2,1-3H3. The van der Waals surface area contributed by atoms with Gasteiger partial charge in [-0.2, -0.15) is 0 Å². The number of benzene rings is 1. The fourth-order valence-electron chi connectivity index (χ4n) is 2.84. The predicted octanol–water partition coefficient (Wildman–Crippen LogP) is 3.87. The topological polar surface area (TPSA) is 24.5 Å². The minimum absolute atomic E-state index is 0.733. The maximum absolute atomic E-state index is 5.78. The molecule has 1 aliphatic carbocycles. The van der Waals surface area contributed by atoms with Crippen molar-refractivity contribution < 1.29 is 4.74 Å². The molecule has 3 heteroatoms. The van der Waals surface area contributed by atoms with Crippen LogP contribution in [0.5, 0.6) is 5.75 Å². The maximum Gasteiger partial charge on any atom is 0.121 e. The third kappa shape index (κ3) is 5.96. The molecule has 0 aromatic heterocycles. The second kappa shape index (κ2) is 8.28. The van der Waals surface area contributed by atoms with Gasteiger partial charge in [0.1, 0.15) is 12.4 Å². The lowest BCUT2D eigenvalue weighted by molar-refractivity contribution is 0.261. The summed E-state index contributed by atoms with van der Waals surface area (Å²) >= 11 is 0. The van der Waals surface area contributed by atoms with Gasteiger partial charge in [0, 0.05) is 24.8 Å². The number of rotatable bonds is 7. The van der Waals surface area contributed by atoms with Crippen LogP contribution >= 0.6 is 0 Å². The van der Waals surface area contributed by atoms with Gasteiger partial charge >= 0.3 is 0 Å². The first-order valence-electron chi connectivity index (χ1n) is 8.25. The van der Waals surface area contributed by atoms with E-state index in [1.807, 2.05) is 6.07 Å². The molecule has 0 amide bonds. The molecular formula is C18H30N2O. The lowest BCUT2D eigenvalue weighted by atomic mass is 9.83. The average Bonchev–Trinajstić information content (AvgIpc) is 2.47. The molecule has 1 aliphatic rings. The minimum Gasteiger partial charge on any atom is -0.492 e. The molecule has 2 rings (SSSR count). The quantitative estimate of drug-likeness (QED) is 0.825. The average molecular weight is 290 g/mol. The van der Waals surface area contributed by atoms with Crippen molar-refractivity contribution >= 4 is 5.69 Å². The summed E-state index contributed by atoms with van der Waals surface area (Å²) in [5.74, 6) is 2.72. The first kappa shape index (κ1) is 16.2. The Morgan fingerprint density at radius 1 is 1.19 bits per heavy atom. The molecule has 0 atom stereocenters. The predicted molar refractivity (Wildman–Crippen MR) is 90.1 cm³/mol. The molecule has 0 heterocycles. The van der Waals surface area contributed by atoms with Crippen LogP contribution in [-0.2, 0) is 0 Å². The van der Waals surface area contributed by atoms with E-state index in [1.54, 1.807) is 0 Å². The number of nitrogens with zero attached hydrogens (tertiary/aromatic N) is 1. The van der Waals surface area contributed by atoms with Gasteiger partial charge in [0.2, 0.25) is 0 Å². The van der Waals surface area contributed by atoms with Gasteiger partial charge in [0.15, 0.2) is 0 Å². The zero-order valence-electron chi connectivity index (χ0n) is 13.8. The van der Waals surface area contributed by atoms with Crippen LogP contribution in [0.25, 0.3) is 0 Å². The van der Waals surface area contributed by atoms with Gasteiger partial charge in [-0.3, -0.25) is 0 Å². The summed E-state index contributed by atoms with van der Waals surface area (Å²) in [6.07, 6.45) is 5.51. The van der Waals surface area contributed by atoms with Crippen molar-refractivity contribution in [1.82, 2.24) is 4.90 Å². The molecule has 0 spiro atoms. The third-order valence-electron chi connectivity index (χ3n) is 4.37. The summed E-state index contributed by atoms with van der Waals surface area (Å²) in [4.78, 5) is 2.13. The van der Waals surface area contributed by atoms with E-state index in [9.17, 15) is 0 Å². The van der Waals surface area contributed by atoms with E-state index in [1.165, 1.54) is 31.4 Å². The monoisotopic (exact) mass is 290 g/mol. The second-order valence-electron chi connectivity index (χ2n) is 6.69. The van der Waals surface area contributed by atoms with E-state index < -0.39 is 0 Å². The Kier molecular flexibility index (Phi) is 6.37. The van der Waals surface area contributed by atoms with E-state index in [2.05, 4.69) is 49.4 Å². The van der Waals surface area contributed by atoms with Crippen LogP contribution in [0.3, 0.4) is 0 Å². The van der Waals surface area contributed by atoms with Gasteiger partial charge in [0.05, 0.1) is 0 Å². The van der Waals surface area contributed by atoms with E-state index in [0.29, 0.717) is 0 Å². The Balaban J connectivity index is 1.75. The largest absolute Gasteiger partial charge is 0.492 e. The molecule has 21 heavy (non-hydrogen) atoms. The maximum atomic E-state index is 5.78. The van der Waals surface area contributed by atoms with E-state index >= 15 is 0 Å². The van der Waals surface area contributed by atoms with Crippen LogP contribution in [0.2, 0.25) is 0 Å². The minimum atomic E-state index is 0.733. The van der Waals surface area contributed by atoms with Crippen molar-refractivity contribution in [3.05, 3.63) is 24.3 Å². The van der Waals surface area contributed by atoms with Crippen LogP contribution < -0.4 is 10.1 Å². The summed E-state index contributed by atoms with van der Waals surface area (Å²) in [5.41, 5.74) is 1.18. The SMILES string of the molecule is CC1CCC(CNc2cccc(OCCN(C)C)c2)CC1. The molecule has 3 nitrogen and oxygen atoms in total. The Morgan fingerprint density at radius 2 is 1.95 bits per heavy atom. The van der Waals surface area contributed by atoms with Crippen molar-refractivity contribution in [3.63, 3.8) is 0 Å². The highest BCUT2D eigenvalue weighted by Crippen LogP contribution is 2.28. The van der Waals surface area contributed by atoms with Crippen molar-refractivity contribution in [2.24, 2.45) is 11.8 Å². The van der Waals surface area contributed by atoms with Gasteiger partial charge in [0.25, 0.3) is 0 Å². The number of anilines is 1. The van der Waals surface area contributed by atoms with Gasteiger partial charge in [-0.15, -0.1) is 0 Å². The van der Waals surface area contributed by atoms with E-state index in [0.717, 1.165) is 37.3 Å². The Hall–Kier alpha value is -1.22. The molecule has 0 bridgehead atoms. The van der Waals surface area contributed by atoms with E-state index in [-0.39, 0.29) is 0 Å². The lowest BCUT2D eigenvalue weighted by Crippen LogP contribution is -2.20. The summed E-state index contributed by atoms with van der Waals surface area (Å²) < 4.78 is 5.78. The Bertz CT molecular complexity index is 411. The molecule has 118 valence electrons. The smallest absolute Gasteiger partial charge is 0.121 e. The highest BCUT2D eigenvalue weighted by Gasteiger charge is 2.17. The van der Waals surface area contributed by atoms with Crippen LogP contribution in [0.1, 0.15) is 32.6 Å². The fourth-order valence-corrected chi connectivity index (χ4v) is 2.84. The molecule has 0 radical (unpaired) electrons. The summed E-state index contributed by atoms with van der Waals surface area (Å²) in [6.45, 7) is 5.14. The van der Waals surface area contributed by atoms with Crippen LogP contribution in [0.15, 0.2) is 24.3 Å². The van der Waals surface area contributed by atoms with Crippen molar-refractivity contribution in [2.45, 2.75) is 32.6 Å². The Morgan fingerprint density at radius 3 is 2.67 bits per heavy atom. The summed E-state index contributed by atoms with van der Waals surface area (Å²) in [6, 6.07) is 8.34. The van der Waals surface area contributed by atoms with Crippen LogP contribution in [0.4, 0.5) is 5.69 Å². The number of nitrogens with one attached hydrogen (secondary N) is 1. The first-order chi connectivity index (χ1) is 10.1. The highest BCUT2D eigenvalue weighted by molar-refractivity contribution is 5.48. The van der Waals surface area contributed by atoms with E-state index in [4.69, 9.17) is 4.74 Å². The van der Waals surface area contributed by atoms with Gasteiger partial charge < -0.3 is 15.0 Å². The molecule has 1 N–H and O–H groups in total. The Labute approximate surface area is 129 Å². The fraction of sp³-hybridized carbons (Fsp3) is 0.667. The van der Waals surface area contributed by atoms with Crippen molar-refractivity contribution in [2.75, 3.05) is 39.1 Å². The van der Waals surface area contributed by atoms with Gasteiger partial charge in [-0.05, 0) is 50.9 Å². The summed E-state index contributed by atoms with van der Waals surface area (Å²) in [5, 5.41) is 3.58. The number of likely N-dealkylation sites (N-methyl/N-ethyl adjacent to an activating group) is 1. The first-order valence-corrected chi connectivity index (χ1v) is 8.25. The van der Waals surface area contributed by atoms with Crippen LogP contribution in [-0.4, -0.2) is 38.7 Å². The van der Waals surface area contributed by atoms with Gasteiger partial charge in [-0.1, -0.05) is 25.8 Å². The normalized spacial score (nSPS) is 22.3. The zero-order valence-corrected chi connectivity index (χ0v) is 13.8. The molecular weight excluding hydrogens is 260 g/mol. The lowest BCUT2D eigenvalue weighted by Gasteiger charge is -2.26. The van der Waals surface area contributed by atoms with Gasteiger partial charge in [-0.25, -0.2) is 0 Å². The number of hydrogen-bond donors (Lipinski definition) is 1. The molecule has 0 saturated heterocycles. The molecule has 0 unspecified atom stereocenters. The molecule has 1 fully saturated rings.